The van der Waals surface area contributed by atoms with Crippen molar-refractivity contribution in [1.29, 1.82) is 0 Å². The van der Waals surface area contributed by atoms with Crippen molar-refractivity contribution in [1.82, 2.24) is 9.55 Å². The second kappa shape index (κ2) is 8.81. The molecular weight excluding hydrogens is 514 g/mol. The maximum absolute atomic E-state index is 11.4. The molecule has 0 spiro atoms. The highest BCUT2D eigenvalue weighted by Gasteiger charge is 2.29. The first-order valence-electron chi connectivity index (χ1n) is 11.7. The first kappa shape index (κ1) is 22.3. The third kappa shape index (κ3) is 3.62. The SMILES string of the molecule is Cn1c(-c2ccccc2)c(C(c2ccc([N+](=O)[O-])cc2)c2c[nH]c3ccc(Br)cc23)c2ccccc21. The fraction of sp³-hybridized carbons (Fsp3) is 0.0667. The summed E-state index contributed by atoms with van der Waals surface area (Å²) in [6, 6.07) is 32.0. The topological polar surface area (TPSA) is 63.9 Å². The minimum Gasteiger partial charge on any atom is -0.361 e. The Morgan fingerprint density at radius 3 is 2.36 bits per heavy atom. The van der Waals surface area contributed by atoms with Gasteiger partial charge >= 0.3 is 0 Å². The van der Waals surface area contributed by atoms with Crippen molar-refractivity contribution in [2.75, 3.05) is 0 Å². The zero-order valence-electron chi connectivity index (χ0n) is 19.5. The maximum Gasteiger partial charge on any atom is 0.269 e. The van der Waals surface area contributed by atoms with E-state index in [9.17, 15) is 10.1 Å². The van der Waals surface area contributed by atoms with Crippen LogP contribution in [0.15, 0.2) is 108 Å². The number of nitrogens with one attached hydrogen (secondary N) is 1. The summed E-state index contributed by atoms with van der Waals surface area (Å²) in [5.74, 6) is -0.157. The van der Waals surface area contributed by atoms with Crippen molar-refractivity contribution >= 4 is 43.4 Å². The van der Waals surface area contributed by atoms with E-state index in [1.807, 2.05) is 24.3 Å². The number of hydrogen-bond donors (Lipinski definition) is 1. The van der Waals surface area contributed by atoms with Gasteiger partial charge < -0.3 is 9.55 Å². The Morgan fingerprint density at radius 1 is 0.889 bits per heavy atom. The molecule has 0 amide bonds. The van der Waals surface area contributed by atoms with Crippen LogP contribution in [0.2, 0.25) is 0 Å². The molecule has 1 N–H and O–H groups in total. The van der Waals surface area contributed by atoms with Crippen LogP contribution in [-0.2, 0) is 7.05 Å². The van der Waals surface area contributed by atoms with Crippen LogP contribution in [0.4, 0.5) is 5.69 Å². The van der Waals surface area contributed by atoms with Gasteiger partial charge in [0.15, 0.2) is 0 Å². The normalized spacial score (nSPS) is 12.3. The molecule has 176 valence electrons. The number of nitro benzene ring substituents is 1. The number of halogens is 1. The van der Waals surface area contributed by atoms with E-state index in [1.54, 1.807) is 12.1 Å². The van der Waals surface area contributed by atoms with E-state index < -0.39 is 0 Å². The zero-order chi connectivity index (χ0) is 24.8. The molecule has 0 saturated carbocycles. The molecular formula is C30H22BrN3O2. The van der Waals surface area contributed by atoms with Crippen molar-refractivity contribution in [2.45, 2.75) is 5.92 Å². The Balaban J connectivity index is 1.72. The van der Waals surface area contributed by atoms with E-state index in [2.05, 4.69) is 99.4 Å². The average molecular weight is 536 g/mol. The van der Waals surface area contributed by atoms with Crippen LogP contribution in [0.3, 0.4) is 0 Å². The van der Waals surface area contributed by atoms with Gasteiger partial charge in [0, 0.05) is 57.6 Å². The number of aryl methyl sites for hydroxylation is 1. The number of aromatic amines is 1. The molecule has 0 fully saturated rings. The number of hydrogen-bond acceptors (Lipinski definition) is 2. The predicted molar refractivity (Wildman–Crippen MR) is 148 cm³/mol. The molecule has 2 aromatic heterocycles. The van der Waals surface area contributed by atoms with E-state index in [-0.39, 0.29) is 16.5 Å². The molecule has 36 heavy (non-hydrogen) atoms. The van der Waals surface area contributed by atoms with Gasteiger partial charge in [-0.2, -0.15) is 0 Å². The quantitative estimate of drug-likeness (QED) is 0.178. The Kier molecular flexibility index (Phi) is 5.46. The number of para-hydroxylation sites is 1. The summed E-state index contributed by atoms with van der Waals surface area (Å²) in [7, 11) is 2.10. The van der Waals surface area contributed by atoms with Crippen molar-refractivity contribution in [3.05, 3.63) is 135 Å². The molecule has 4 aromatic carbocycles. The molecule has 6 aromatic rings. The van der Waals surface area contributed by atoms with Gasteiger partial charge in [0.25, 0.3) is 5.69 Å². The summed E-state index contributed by atoms with van der Waals surface area (Å²) in [5, 5.41) is 13.7. The maximum atomic E-state index is 11.4. The molecule has 0 aliphatic heterocycles. The molecule has 6 rings (SSSR count). The summed E-state index contributed by atoms with van der Waals surface area (Å²) >= 11 is 3.64. The first-order valence-corrected chi connectivity index (χ1v) is 12.5. The Morgan fingerprint density at radius 2 is 1.61 bits per heavy atom. The molecule has 1 atom stereocenters. The highest BCUT2D eigenvalue weighted by molar-refractivity contribution is 9.10. The first-order chi connectivity index (χ1) is 17.5. The van der Waals surface area contributed by atoms with Gasteiger partial charge in [0.2, 0.25) is 0 Å². The second-order valence-corrected chi connectivity index (χ2v) is 9.84. The lowest BCUT2D eigenvalue weighted by atomic mass is 9.82. The lowest BCUT2D eigenvalue weighted by molar-refractivity contribution is -0.384. The number of rotatable bonds is 5. The standard InChI is InChI=1S/C30H22BrN3O2/c1-33-27-10-6-5-9-23(27)29(30(33)20-7-3-2-4-8-20)28(19-11-14-22(15-12-19)34(35)36)25-18-32-26-16-13-21(31)17-24(25)26/h2-18,28,32H,1H3. The Hall–Kier alpha value is -4.16. The van der Waals surface area contributed by atoms with Gasteiger partial charge in [-0.3, -0.25) is 10.1 Å². The van der Waals surface area contributed by atoms with Crippen LogP contribution in [0.5, 0.6) is 0 Å². The van der Waals surface area contributed by atoms with Gasteiger partial charge in [0.05, 0.1) is 10.6 Å². The van der Waals surface area contributed by atoms with E-state index in [1.165, 1.54) is 5.56 Å². The summed E-state index contributed by atoms with van der Waals surface area (Å²) in [4.78, 5) is 14.5. The number of benzene rings is 4. The van der Waals surface area contributed by atoms with Gasteiger partial charge in [-0.15, -0.1) is 0 Å². The number of nitro groups is 1. The van der Waals surface area contributed by atoms with Crippen LogP contribution in [0.25, 0.3) is 33.1 Å². The van der Waals surface area contributed by atoms with Gasteiger partial charge in [-0.25, -0.2) is 0 Å². The van der Waals surface area contributed by atoms with Crippen molar-refractivity contribution < 1.29 is 4.92 Å². The zero-order valence-corrected chi connectivity index (χ0v) is 21.1. The molecule has 5 nitrogen and oxygen atoms in total. The lowest BCUT2D eigenvalue weighted by Gasteiger charge is -2.20. The summed E-state index contributed by atoms with van der Waals surface area (Å²) in [6.07, 6.45) is 2.07. The number of H-pyrrole nitrogens is 1. The third-order valence-corrected chi connectivity index (χ3v) is 7.40. The van der Waals surface area contributed by atoms with Gasteiger partial charge in [0.1, 0.15) is 0 Å². The minimum absolute atomic E-state index is 0.0837. The van der Waals surface area contributed by atoms with E-state index in [0.717, 1.165) is 48.7 Å². The molecule has 0 radical (unpaired) electrons. The van der Waals surface area contributed by atoms with Gasteiger partial charge in [-0.1, -0.05) is 76.6 Å². The second-order valence-electron chi connectivity index (χ2n) is 8.92. The van der Waals surface area contributed by atoms with E-state index >= 15 is 0 Å². The fourth-order valence-corrected chi connectivity index (χ4v) is 5.66. The van der Waals surface area contributed by atoms with E-state index in [4.69, 9.17) is 0 Å². The number of nitrogens with zero attached hydrogens (tertiary/aromatic N) is 2. The highest BCUT2D eigenvalue weighted by atomic mass is 79.9. The van der Waals surface area contributed by atoms with Crippen LogP contribution in [-0.4, -0.2) is 14.5 Å². The van der Waals surface area contributed by atoms with Crippen LogP contribution in [0, 0.1) is 10.1 Å². The Bertz CT molecular complexity index is 1730. The highest BCUT2D eigenvalue weighted by Crippen LogP contribution is 2.45. The minimum atomic E-state index is -0.352. The molecule has 0 bridgehead atoms. The van der Waals surface area contributed by atoms with Crippen molar-refractivity contribution in [3.8, 4) is 11.3 Å². The predicted octanol–water partition coefficient (Wildman–Crippen LogP) is 8.18. The molecule has 0 aliphatic rings. The fourth-order valence-electron chi connectivity index (χ4n) is 5.30. The number of fused-ring (bicyclic) bond motifs is 2. The Labute approximate surface area is 216 Å². The third-order valence-electron chi connectivity index (χ3n) is 6.91. The summed E-state index contributed by atoms with van der Waals surface area (Å²) in [6.45, 7) is 0. The summed E-state index contributed by atoms with van der Waals surface area (Å²) < 4.78 is 3.25. The molecule has 1 unspecified atom stereocenters. The smallest absolute Gasteiger partial charge is 0.269 e. The van der Waals surface area contributed by atoms with Crippen molar-refractivity contribution in [3.63, 3.8) is 0 Å². The van der Waals surface area contributed by atoms with Crippen LogP contribution < -0.4 is 0 Å². The average Bonchev–Trinajstić information content (AvgIpc) is 3.44. The van der Waals surface area contributed by atoms with Gasteiger partial charge in [-0.05, 0) is 46.5 Å². The molecule has 6 heteroatoms. The number of aromatic nitrogens is 2. The molecule has 0 aliphatic carbocycles. The lowest BCUT2D eigenvalue weighted by Crippen LogP contribution is -2.05. The summed E-state index contributed by atoms with van der Waals surface area (Å²) in [5.41, 5.74) is 7.81. The largest absolute Gasteiger partial charge is 0.361 e. The monoisotopic (exact) mass is 535 g/mol. The number of non-ortho nitro benzene ring substituents is 1. The van der Waals surface area contributed by atoms with Crippen molar-refractivity contribution in [2.24, 2.45) is 7.05 Å². The molecule has 2 heterocycles. The van der Waals surface area contributed by atoms with Crippen LogP contribution in [0.1, 0.15) is 22.6 Å². The molecule has 0 saturated heterocycles. The van der Waals surface area contributed by atoms with Crippen LogP contribution >= 0.6 is 15.9 Å². The van der Waals surface area contributed by atoms with E-state index in [0.29, 0.717) is 0 Å².